The Morgan fingerprint density at radius 2 is 1.86 bits per heavy atom. The minimum atomic E-state index is -4.41. The molecule has 0 aliphatic rings. The second kappa shape index (κ2) is 4.76. The lowest BCUT2D eigenvalue weighted by molar-refractivity contribution is -0.128. The van der Waals surface area contributed by atoms with Crippen LogP contribution >= 0.6 is 0 Å². The number of aromatic hydroxyl groups is 1. The van der Waals surface area contributed by atoms with Crippen LogP contribution in [-0.4, -0.2) is 21.4 Å². The van der Waals surface area contributed by atoms with Gasteiger partial charge in [-0.3, -0.25) is 0 Å². The lowest BCUT2D eigenvalue weighted by Crippen LogP contribution is -2.12. The molecule has 0 aliphatic carbocycles. The van der Waals surface area contributed by atoms with Crippen LogP contribution in [0, 0.1) is 0 Å². The minimum Gasteiger partial charge on any atom is -0.506 e. The second-order valence-electron chi connectivity index (χ2n) is 4.49. The Kier molecular flexibility index (Phi) is 3.04. The first-order valence-corrected chi connectivity index (χ1v) is 6.04. The number of nitrogens with zero attached hydrogens (tertiary/aromatic N) is 2. The highest BCUT2D eigenvalue weighted by Crippen LogP contribution is 2.35. The van der Waals surface area contributed by atoms with E-state index in [-0.39, 0.29) is 17.2 Å². The first kappa shape index (κ1) is 13.4. The third-order valence-electron chi connectivity index (χ3n) is 2.96. The Balaban J connectivity index is 2.03. The third-order valence-corrected chi connectivity index (χ3v) is 2.96. The lowest BCUT2D eigenvalue weighted by atomic mass is 10.1. The van der Waals surface area contributed by atoms with Crippen LogP contribution < -0.4 is 0 Å². The van der Waals surface area contributed by atoms with Crippen molar-refractivity contribution in [3.05, 3.63) is 42.2 Å². The number of hydrogen-bond donors (Lipinski definition) is 1. The van der Waals surface area contributed by atoms with Gasteiger partial charge >= 0.3 is 6.18 Å². The van der Waals surface area contributed by atoms with E-state index in [1.807, 2.05) is 12.1 Å². The smallest absolute Gasteiger partial charge is 0.396 e. The molecule has 0 fully saturated rings. The average molecular weight is 294 g/mol. The fraction of sp³-hybridized carbons (Fsp3) is 0.143. The van der Waals surface area contributed by atoms with E-state index in [4.69, 9.17) is 4.52 Å². The molecule has 7 heteroatoms. The van der Waals surface area contributed by atoms with E-state index in [1.54, 1.807) is 18.2 Å². The third kappa shape index (κ3) is 2.67. The fourth-order valence-corrected chi connectivity index (χ4v) is 2.04. The van der Waals surface area contributed by atoms with Gasteiger partial charge in [0.25, 0.3) is 5.89 Å². The molecule has 0 spiro atoms. The molecule has 21 heavy (non-hydrogen) atoms. The van der Waals surface area contributed by atoms with Crippen LogP contribution in [0.3, 0.4) is 0 Å². The zero-order chi connectivity index (χ0) is 15.0. The molecule has 0 amide bonds. The monoisotopic (exact) mass is 294 g/mol. The summed E-state index contributed by atoms with van der Waals surface area (Å²) in [7, 11) is 0. The predicted octanol–water partition coefficient (Wildman–Crippen LogP) is 3.70. The Morgan fingerprint density at radius 3 is 2.62 bits per heavy atom. The Hall–Kier alpha value is -2.57. The summed E-state index contributed by atoms with van der Waals surface area (Å²) in [6, 6.07) is 10.3. The number of fused-ring (bicyclic) bond motifs is 1. The van der Waals surface area contributed by atoms with Crippen LogP contribution in [0.5, 0.6) is 5.75 Å². The molecule has 1 N–H and O–H groups in total. The molecule has 2 aromatic carbocycles. The van der Waals surface area contributed by atoms with Crippen molar-refractivity contribution in [3.63, 3.8) is 0 Å². The number of benzene rings is 2. The molecule has 0 atom stereocenters. The van der Waals surface area contributed by atoms with E-state index < -0.39 is 18.4 Å². The van der Waals surface area contributed by atoms with Gasteiger partial charge in [-0.05, 0) is 11.5 Å². The van der Waals surface area contributed by atoms with Gasteiger partial charge in [0.2, 0.25) is 0 Å². The SMILES string of the molecule is Oc1c(-c2nc(CC(F)(F)F)no2)ccc2ccccc12. The van der Waals surface area contributed by atoms with Gasteiger partial charge in [0, 0.05) is 5.39 Å². The van der Waals surface area contributed by atoms with Gasteiger partial charge in [-0.1, -0.05) is 35.5 Å². The van der Waals surface area contributed by atoms with E-state index in [0.29, 0.717) is 5.39 Å². The Bertz CT molecular complexity index is 796. The molecule has 0 bridgehead atoms. The van der Waals surface area contributed by atoms with Crippen LogP contribution in [0.4, 0.5) is 13.2 Å². The van der Waals surface area contributed by atoms with Crippen LogP contribution in [-0.2, 0) is 6.42 Å². The zero-order valence-electron chi connectivity index (χ0n) is 10.6. The molecular formula is C14H9F3N2O2. The summed E-state index contributed by atoms with van der Waals surface area (Å²) < 4.78 is 41.6. The quantitative estimate of drug-likeness (QED) is 0.783. The van der Waals surface area contributed by atoms with Crippen molar-refractivity contribution in [2.24, 2.45) is 0 Å². The number of phenols is 1. The molecule has 0 aliphatic heterocycles. The fourth-order valence-electron chi connectivity index (χ4n) is 2.04. The van der Waals surface area contributed by atoms with Crippen molar-refractivity contribution in [1.29, 1.82) is 0 Å². The van der Waals surface area contributed by atoms with Crippen LogP contribution in [0.15, 0.2) is 40.9 Å². The number of halogens is 3. The highest BCUT2D eigenvalue weighted by atomic mass is 19.4. The predicted molar refractivity (Wildman–Crippen MR) is 68.7 cm³/mol. The van der Waals surface area contributed by atoms with E-state index in [2.05, 4.69) is 10.1 Å². The Morgan fingerprint density at radius 1 is 1.10 bits per heavy atom. The van der Waals surface area contributed by atoms with Crippen molar-refractivity contribution >= 4 is 10.8 Å². The van der Waals surface area contributed by atoms with Gasteiger partial charge in [-0.25, -0.2) is 0 Å². The van der Waals surface area contributed by atoms with Crippen LogP contribution in [0.25, 0.3) is 22.2 Å². The van der Waals surface area contributed by atoms with Gasteiger partial charge in [0.05, 0.1) is 5.56 Å². The number of aromatic nitrogens is 2. The number of phenolic OH excluding ortho intramolecular Hbond substituents is 1. The van der Waals surface area contributed by atoms with Crippen molar-refractivity contribution in [2.45, 2.75) is 12.6 Å². The summed E-state index contributed by atoms with van der Waals surface area (Å²) in [5.74, 6) is -0.710. The van der Waals surface area contributed by atoms with Gasteiger partial charge in [0.15, 0.2) is 5.82 Å². The molecule has 0 unspecified atom stereocenters. The maximum absolute atomic E-state index is 12.3. The number of hydrogen-bond acceptors (Lipinski definition) is 4. The van der Waals surface area contributed by atoms with E-state index in [1.165, 1.54) is 6.07 Å². The van der Waals surface area contributed by atoms with Crippen molar-refractivity contribution in [2.75, 3.05) is 0 Å². The molecule has 1 aromatic heterocycles. The summed E-state index contributed by atoms with van der Waals surface area (Å²) >= 11 is 0. The summed E-state index contributed by atoms with van der Waals surface area (Å²) in [5.41, 5.74) is 0.203. The lowest BCUT2D eigenvalue weighted by Gasteiger charge is -2.04. The molecule has 3 rings (SSSR count). The molecule has 4 nitrogen and oxygen atoms in total. The maximum atomic E-state index is 12.3. The van der Waals surface area contributed by atoms with Gasteiger partial charge in [0.1, 0.15) is 12.2 Å². The molecular weight excluding hydrogens is 285 g/mol. The molecule has 108 valence electrons. The van der Waals surface area contributed by atoms with Gasteiger partial charge < -0.3 is 9.63 Å². The van der Waals surface area contributed by atoms with E-state index in [9.17, 15) is 18.3 Å². The molecule has 3 aromatic rings. The van der Waals surface area contributed by atoms with E-state index >= 15 is 0 Å². The second-order valence-corrected chi connectivity index (χ2v) is 4.49. The maximum Gasteiger partial charge on any atom is 0.396 e. The average Bonchev–Trinajstić information content (AvgIpc) is 2.85. The topological polar surface area (TPSA) is 59.2 Å². The minimum absolute atomic E-state index is 0.102. The molecule has 0 saturated heterocycles. The molecule has 0 radical (unpaired) electrons. The van der Waals surface area contributed by atoms with E-state index in [0.717, 1.165) is 5.39 Å². The first-order valence-electron chi connectivity index (χ1n) is 6.04. The van der Waals surface area contributed by atoms with Crippen molar-refractivity contribution in [3.8, 4) is 17.2 Å². The summed E-state index contributed by atoms with van der Waals surface area (Å²) in [5, 5.41) is 14.8. The van der Waals surface area contributed by atoms with Crippen molar-refractivity contribution < 1.29 is 22.8 Å². The van der Waals surface area contributed by atoms with Crippen LogP contribution in [0.2, 0.25) is 0 Å². The summed E-state index contributed by atoms with van der Waals surface area (Å²) in [6.07, 6.45) is -5.68. The normalized spacial score (nSPS) is 12.0. The summed E-state index contributed by atoms with van der Waals surface area (Å²) in [4.78, 5) is 3.68. The highest BCUT2D eigenvalue weighted by Gasteiger charge is 2.31. The zero-order valence-corrected chi connectivity index (χ0v) is 10.6. The standard InChI is InChI=1S/C14H9F3N2O2/c15-14(16,17)7-11-18-13(21-19-11)10-6-5-8-3-1-2-4-9(8)12(10)20/h1-6,20H,7H2. The first-order chi connectivity index (χ1) is 9.94. The Labute approximate surface area is 116 Å². The van der Waals surface area contributed by atoms with Crippen molar-refractivity contribution in [1.82, 2.24) is 10.1 Å². The van der Waals surface area contributed by atoms with Crippen LogP contribution in [0.1, 0.15) is 5.82 Å². The summed E-state index contributed by atoms with van der Waals surface area (Å²) in [6.45, 7) is 0. The van der Waals surface area contributed by atoms with Gasteiger partial charge in [-0.15, -0.1) is 0 Å². The van der Waals surface area contributed by atoms with Gasteiger partial charge in [-0.2, -0.15) is 18.2 Å². The number of rotatable bonds is 2. The molecule has 1 heterocycles. The highest BCUT2D eigenvalue weighted by molar-refractivity contribution is 5.93. The molecule has 0 saturated carbocycles. The number of alkyl halides is 3. The largest absolute Gasteiger partial charge is 0.506 e.